The van der Waals surface area contributed by atoms with Gasteiger partial charge in [-0.05, 0) is 131 Å². The summed E-state index contributed by atoms with van der Waals surface area (Å²) in [5.41, 5.74) is 32.8. The number of rotatable bonds is 10. The van der Waals surface area contributed by atoms with Crippen LogP contribution < -0.4 is 44.2 Å². The minimum absolute atomic E-state index is 0.202. The average molecular weight is 1520 g/mol. The van der Waals surface area contributed by atoms with E-state index >= 15 is 0 Å². The van der Waals surface area contributed by atoms with Crippen LogP contribution in [0.2, 0.25) is 10.0 Å². The third-order valence-electron chi connectivity index (χ3n) is 17.9. The molecule has 6 aliphatic heterocycles. The van der Waals surface area contributed by atoms with Gasteiger partial charge in [0.25, 0.3) is 11.8 Å². The van der Waals surface area contributed by atoms with Crippen molar-refractivity contribution in [2.75, 3.05) is 101 Å². The van der Waals surface area contributed by atoms with Crippen molar-refractivity contribution < 1.29 is 38.0 Å². The predicted octanol–water partition coefficient (Wildman–Crippen LogP) is 11.2. The maximum absolute atomic E-state index is 11.5. The Balaban J connectivity index is 0.000000126. The minimum Gasteiger partial charge on any atom is -0.387 e. The second kappa shape index (κ2) is 39.4. The largest absolute Gasteiger partial charge is 0.387 e. The zero-order valence-corrected chi connectivity index (χ0v) is 61.2. The lowest BCUT2D eigenvalue weighted by atomic mass is 10.1. The third kappa shape index (κ3) is 20.8. The van der Waals surface area contributed by atoms with E-state index < -0.39 is 11.8 Å². The number of nitrogens with zero attached hydrogens (tertiary/aromatic N) is 16. The van der Waals surface area contributed by atoms with E-state index in [1.54, 1.807) is 51.9 Å². The molecule has 6 aliphatic rings. The first-order chi connectivity index (χ1) is 53.2. The summed E-state index contributed by atoms with van der Waals surface area (Å²) in [5, 5.41) is 39.1. The normalized spacial score (nSPS) is 19.0. The van der Waals surface area contributed by atoms with E-state index in [0.29, 0.717) is 82.4 Å². The van der Waals surface area contributed by atoms with Crippen LogP contribution in [0.25, 0.3) is 52.5 Å². The minimum atomic E-state index is -0.479. The lowest BCUT2D eigenvalue weighted by Crippen LogP contribution is -2.31. The number of amides is 2. The van der Waals surface area contributed by atoms with Crippen LogP contribution in [-0.4, -0.2) is 185 Å². The van der Waals surface area contributed by atoms with Crippen LogP contribution in [0.1, 0.15) is 78.5 Å². The second-order valence-corrected chi connectivity index (χ2v) is 26.5. The zero-order chi connectivity index (χ0) is 76.4. The Morgan fingerprint density at radius 2 is 0.642 bits per heavy atom. The lowest BCUT2D eigenvalue weighted by molar-refractivity contribution is 0.0822. The van der Waals surface area contributed by atoms with Gasteiger partial charge in [-0.3, -0.25) is 9.59 Å². The summed E-state index contributed by atoms with van der Waals surface area (Å²) in [7, 11) is 0. The molecule has 6 fully saturated rings. The maximum atomic E-state index is 11.5. The number of ether oxygens (including phenoxy) is 6. The number of nitrogens with two attached hydrogens (primary N) is 4. The summed E-state index contributed by atoms with van der Waals surface area (Å²) in [6.07, 6.45) is 29.5. The molecule has 32 nitrogen and oxygen atoms in total. The van der Waals surface area contributed by atoms with Crippen LogP contribution in [0, 0.1) is 26.3 Å². The molecule has 566 valence electrons. The average Bonchev–Trinajstić information content (AvgIpc) is 1.76. The number of anilines is 4. The SMILES string of the molecule is NC(=O)c1cnn2cccc2c1NC1CCCOC1.NC(=O)c1cnn2cccc2c1NC1CCOC1.NC1CCCOC1.NC1CCOC1.[C-]#[N+]c1cnn2cccc2c1Cl.[C-]#[N+]c1cnn2cccc2c1Cl.[C-]#[N+]c1cnn2cccc2c1NC1CCCOC1.[C-]#[N+]c1cnn2cccc2c1NC1CCOC1. The van der Waals surface area contributed by atoms with E-state index in [4.69, 9.17) is 101 Å². The molecule has 12 aromatic rings. The molecule has 109 heavy (non-hydrogen) atoms. The highest BCUT2D eigenvalue weighted by Crippen LogP contribution is 2.34. The van der Waals surface area contributed by atoms with Gasteiger partial charge < -0.3 is 72.6 Å². The van der Waals surface area contributed by atoms with Crippen LogP contribution in [0.15, 0.2) is 147 Å². The van der Waals surface area contributed by atoms with E-state index in [2.05, 4.69) is 71.2 Å². The van der Waals surface area contributed by atoms with Crippen molar-refractivity contribution in [2.24, 2.45) is 22.9 Å². The van der Waals surface area contributed by atoms with Gasteiger partial charge in [0.15, 0.2) is 0 Å². The zero-order valence-electron chi connectivity index (χ0n) is 59.7. The van der Waals surface area contributed by atoms with Crippen molar-refractivity contribution in [3.05, 3.63) is 214 Å². The van der Waals surface area contributed by atoms with E-state index in [-0.39, 0.29) is 24.2 Å². The Morgan fingerprint density at radius 3 is 0.927 bits per heavy atom. The van der Waals surface area contributed by atoms with Crippen molar-refractivity contribution in [3.63, 3.8) is 0 Å². The molecule has 6 atom stereocenters. The summed E-state index contributed by atoms with van der Waals surface area (Å²) in [6, 6.07) is 24.3. The molecule has 0 bridgehead atoms. The first kappa shape index (κ1) is 78.6. The van der Waals surface area contributed by atoms with Gasteiger partial charge in [0.05, 0.1) is 192 Å². The highest BCUT2D eigenvalue weighted by atomic mass is 35.5. The standard InChI is InChI=1S/C13H16N4O2.C13H14N4O.C12H14N4O2.C12H12N4O.2C8H4ClN3.C5H11NO.C4H9NO/c14-13(18)10-7-15-17-5-1-4-11(17)12(10)16-9-3-2-6-19-8-9;1-14-11-8-15-17-6-2-5-12(17)13(11)16-10-4-3-7-18-9-10;13-12(17)9-6-14-16-4-1-2-10(16)11(9)15-8-3-5-18-7-8;1-13-10-7-14-16-5-2-3-11(16)12(10)15-9-4-6-17-8-9;2*1-10-6-5-11-12-4-2-3-7(12)8(6)9;6-5-2-1-3-7-4-5;5-4-1-2-6-3-4/h1,4-5,7,9,16H,2-3,6,8H2,(H2,14,18);2,5-6,8,10,16H,3-4,7,9H2;1-2,4,6,8,15H,3,5,7H2,(H2,13,17);2-3,5,7,9,15H,4,6,8H2;2*2-5H;5H,1-4,6H2;4H,1-3,5H2. The molecule has 18 heterocycles. The Hall–Kier alpha value is -11.5. The van der Waals surface area contributed by atoms with Crippen molar-refractivity contribution >= 4 is 114 Å². The van der Waals surface area contributed by atoms with Crippen LogP contribution in [0.5, 0.6) is 0 Å². The first-order valence-corrected chi connectivity index (χ1v) is 36.2. The smallest absolute Gasteiger partial charge is 0.252 e. The van der Waals surface area contributed by atoms with Gasteiger partial charge in [-0.25, -0.2) is 46.5 Å². The molecule has 2 amide bonds. The molecule has 12 N–H and O–H groups in total. The van der Waals surface area contributed by atoms with Crippen LogP contribution in [0.4, 0.5) is 45.5 Å². The molecule has 0 aliphatic carbocycles. The molecule has 12 aromatic heterocycles. The molecule has 0 saturated carbocycles. The molecule has 6 saturated heterocycles. The second-order valence-electron chi connectivity index (χ2n) is 25.7. The summed E-state index contributed by atoms with van der Waals surface area (Å²) in [6.45, 7) is 37.2. The van der Waals surface area contributed by atoms with Crippen LogP contribution >= 0.6 is 23.2 Å². The highest BCUT2D eigenvalue weighted by molar-refractivity contribution is 6.37. The van der Waals surface area contributed by atoms with E-state index in [0.717, 1.165) is 166 Å². The number of carbonyl (C=O) groups excluding carboxylic acids is 2. The van der Waals surface area contributed by atoms with Crippen LogP contribution in [0.3, 0.4) is 0 Å². The van der Waals surface area contributed by atoms with Gasteiger partial charge in [-0.1, -0.05) is 23.2 Å². The van der Waals surface area contributed by atoms with Gasteiger partial charge >= 0.3 is 0 Å². The van der Waals surface area contributed by atoms with E-state index in [1.165, 1.54) is 24.8 Å². The van der Waals surface area contributed by atoms with E-state index in [1.807, 2.05) is 97.6 Å². The van der Waals surface area contributed by atoms with Gasteiger partial charge in [0, 0.05) is 101 Å². The number of carbonyl (C=O) groups is 2. The maximum Gasteiger partial charge on any atom is 0.252 e. The fourth-order valence-electron chi connectivity index (χ4n) is 12.3. The quantitative estimate of drug-likeness (QED) is 0.0590. The van der Waals surface area contributed by atoms with Gasteiger partial charge in [0.1, 0.15) is 0 Å². The summed E-state index contributed by atoms with van der Waals surface area (Å²) >= 11 is 11.8. The molecule has 34 heteroatoms. The van der Waals surface area contributed by atoms with E-state index in [9.17, 15) is 9.59 Å². The fourth-order valence-corrected chi connectivity index (χ4v) is 12.8. The number of nitrogens with one attached hydrogen (secondary N) is 4. The topological polar surface area (TPSA) is 363 Å². The molecular formula is C75H84Cl2N24O8. The molecule has 0 spiro atoms. The highest BCUT2D eigenvalue weighted by Gasteiger charge is 2.24. The van der Waals surface area contributed by atoms with Gasteiger partial charge in [-0.15, -0.1) is 0 Å². The summed E-state index contributed by atoms with van der Waals surface area (Å²) < 4.78 is 41.8. The van der Waals surface area contributed by atoms with Crippen molar-refractivity contribution in [1.82, 2.24) is 57.7 Å². The number of halogens is 2. The number of aromatic nitrogens is 12. The number of primary amides is 2. The lowest BCUT2D eigenvalue weighted by Gasteiger charge is -2.25. The van der Waals surface area contributed by atoms with Crippen molar-refractivity contribution in [2.45, 2.75) is 94.0 Å². The van der Waals surface area contributed by atoms with Crippen LogP contribution in [-0.2, 0) is 28.4 Å². The Bertz CT molecular complexity index is 5070. The van der Waals surface area contributed by atoms with Gasteiger partial charge in [-0.2, -0.15) is 30.6 Å². The summed E-state index contributed by atoms with van der Waals surface area (Å²) in [4.78, 5) is 36.5. The first-order valence-electron chi connectivity index (χ1n) is 35.4. The molecule has 6 unspecified atom stereocenters. The molecule has 18 rings (SSSR count). The van der Waals surface area contributed by atoms with Crippen molar-refractivity contribution in [3.8, 4) is 0 Å². The number of fused-ring (bicyclic) bond motifs is 6. The Morgan fingerprint density at radius 1 is 0.367 bits per heavy atom. The molecular weight excluding hydrogens is 1440 g/mol. The molecule has 0 radical (unpaired) electrons. The summed E-state index contributed by atoms with van der Waals surface area (Å²) in [5.74, 6) is -0.956. The monoisotopic (exact) mass is 1520 g/mol. The van der Waals surface area contributed by atoms with Crippen molar-refractivity contribution in [1.29, 1.82) is 0 Å². The Kier molecular flexibility index (Phi) is 28.4. The third-order valence-corrected chi connectivity index (χ3v) is 18.7. The Labute approximate surface area is 637 Å². The molecule has 0 aromatic carbocycles. The fraction of sp³-hybridized carbons (Fsp3) is 0.360. The number of hydrogen-bond donors (Lipinski definition) is 8. The number of hydrogen-bond acceptors (Lipinski definition) is 20. The predicted molar refractivity (Wildman–Crippen MR) is 415 cm³/mol. The van der Waals surface area contributed by atoms with Gasteiger partial charge in [0.2, 0.25) is 22.7 Å².